The largest absolute Gasteiger partial charge is 0.322 e. The Balaban J connectivity index is 2.15. The molecule has 1 saturated carbocycles. The quantitative estimate of drug-likeness (QED) is 0.892. The number of benzene rings is 1. The van der Waals surface area contributed by atoms with Crippen molar-refractivity contribution in [2.24, 2.45) is 0 Å². The first-order chi connectivity index (χ1) is 10.2. The lowest BCUT2D eigenvalue weighted by atomic mass is 10.2. The number of carbonyl (C=O) groups is 1. The molecular weight excluding hydrogens is 324 g/mol. The van der Waals surface area contributed by atoms with Crippen LogP contribution < -0.4 is 5.32 Å². The van der Waals surface area contributed by atoms with Crippen LogP contribution in [0.5, 0.6) is 0 Å². The van der Waals surface area contributed by atoms with Crippen molar-refractivity contribution in [3.8, 4) is 0 Å². The van der Waals surface area contributed by atoms with Crippen LogP contribution in [0.2, 0.25) is 5.02 Å². The first-order valence-corrected chi connectivity index (χ1v) is 9.65. The first-order valence-electron chi connectivity index (χ1n) is 7.21. The van der Waals surface area contributed by atoms with Crippen molar-refractivity contribution < 1.29 is 13.2 Å². The maximum absolute atomic E-state index is 12.5. The van der Waals surface area contributed by atoms with Crippen LogP contribution in [0.25, 0.3) is 0 Å². The molecule has 122 valence electrons. The van der Waals surface area contributed by atoms with Crippen molar-refractivity contribution in [1.82, 2.24) is 4.90 Å². The van der Waals surface area contributed by atoms with Crippen LogP contribution in [-0.2, 0) is 9.84 Å². The summed E-state index contributed by atoms with van der Waals surface area (Å²) in [5, 5.41) is 3.30. The van der Waals surface area contributed by atoms with E-state index in [1.165, 1.54) is 6.26 Å². The van der Waals surface area contributed by atoms with Gasteiger partial charge in [0.2, 0.25) is 0 Å². The van der Waals surface area contributed by atoms with Gasteiger partial charge in [0.25, 0.3) is 0 Å². The summed E-state index contributed by atoms with van der Waals surface area (Å²) in [5.41, 5.74) is 1.42. The maximum Gasteiger partial charge on any atom is 0.322 e. The molecule has 2 amide bonds. The van der Waals surface area contributed by atoms with Gasteiger partial charge in [0.1, 0.15) is 9.84 Å². The van der Waals surface area contributed by atoms with Gasteiger partial charge in [-0.15, -0.1) is 0 Å². The van der Waals surface area contributed by atoms with Crippen LogP contribution in [0, 0.1) is 6.92 Å². The second-order valence-corrected chi connectivity index (χ2v) is 8.51. The van der Waals surface area contributed by atoms with Crippen molar-refractivity contribution in [3.05, 3.63) is 28.8 Å². The summed E-state index contributed by atoms with van der Waals surface area (Å²) < 4.78 is 23.0. The van der Waals surface area contributed by atoms with Gasteiger partial charge in [-0.3, -0.25) is 0 Å². The Labute approximate surface area is 136 Å². The number of hydrogen-bond donors (Lipinski definition) is 1. The van der Waals surface area contributed by atoms with Crippen LogP contribution in [0.3, 0.4) is 0 Å². The second kappa shape index (κ2) is 6.46. The van der Waals surface area contributed by atoms with Crippen molar-refractivity contribution in [3.63, 3.8) is 0 Å². The van der Waals surface area contributed by atoms with Crippen LogP contribution in [0.4, 0.5) is 10.5 Å². The number of nitrogens with one attached hydrogen (secondary N) is 1. The number of halogens is 1. The Morgan fingerprint density at radius 1 is 1.45 bits per heavy atom. The minimum atomic E-state index is -3.14. The van der Waals surface area contributed by atoms with Gasteiger partial charge in [-0.2, -0.15) is 0 Å². The SMILES string of the molecule is Cc1cccc(NC(=O)N(C2CC2)[C@H](C)CS(C)(=O)=O)c1Cl. The van der Waals surface area contributed by atoms with Gasteiger partial charge in [0.15, 0.2) is 0 Å². The number of sulfone groups is 1. The third kappa shape index (κ3) is 4.36. The third-order valence-electron chi connectivity index (χ3n) is 3.63. The van der Waals surface area contributed by atoms with E-state index >= 15 is 0 Å². The normalized spacial score (nSPS) is 16.2. The molecule has 1 aromatic carbocycles. The number of aryl methyl sites for hydroxylation is 1. The highest BCUT2D eigenvalue weighted by molar-refractivity contribution is 7.90. The lowest BCUT2D eigenvalue weighted by Crippen LogP contribution is -2.46. The van der Waals surface area contributed by atoms with E-state index in [-0.39, 0.29) is 23.9 Å². The summed E-state index contributed by atoms with van der Waals surface area (Å²) in [6, 6.07) is 4.86. The second-order valence-electron chi connectivity index (χ2n) is 5.95. The number of nitrogens with zero attached hydrogens (tertiary/aromatic N) is 1. The number of amides is 2. The molecule has 5 nitrogen and oxygen atoms in total. The summed E-state index contributed by atoms with van der Waals surface area (Å²) >= 11 is 6.19. The van der Waals surface area contributed by atoms with E-state index in [1.807, 2.05) is 19.1 Å². The molecule has 1 N–H and O–H groups in total. The smallest absolute Gasteiger partial charge is 0.318 e. The Morgan fingerprint density at radius 2 is 2.09 bits per heavy atom. The first kappa shape index (κ1) is 17.1. The molecule has 0 aliphatic heterocycles. The van der Waals surface area contributed by atoms with E-state index in [0.717, 1.165) is 18.4 Å². The van der Waals surface area contributed by atoms with E-state index in [2.05, 4.69) is 5.32 Å². The van der Waals surface area contributed by atoms with Gasteiger partial charge in [-0.25, -0.2) is 13.2 Å². The summed E-state index contributed by atoms with van der Waals surface area (Å²) in [6.07, 6.45) is 3.00. The van der Waals surface area contributed by atoms with Crippen LogP contribution in [0.1, 0.15) is 25.3 Å². The molecule has 1 aromatic rings. The van der Waals surface area contributed by atoms with Gasteiger partial charge < -0.3 is 10.2 Å². The Hall–Kier alpha value is -1.27. The Morgan fingerprint density at radius 3 is 2.64 bits per heavy atom. The number of carbonyl (C=O) groups excluding carboxylic acids is 1. The topological polar surface area (TPSA) is 66.5 Å². The predicted octanol–water partition coefficient (Wildman–Crippen LogP) is 3.08. The van der Waals surface area contributed by atoms with Crippen molar-refractivity contribution in [2.75, 3.05) is 17.3 Å². The van der Waals surface area contributed by atoms with Gasteiger partial charge in [-0.05, 0) is 38.3 Å². The number of hydrogen-bond acceptors (Lipinski definition) is 3. The van der Waals surface area contributed by atoms with E-state index in [4.69, 9.17) is 11.6 Å². The fourth-order valence-electron chi connectivity index (χ4n) is 2.52. The van der Waals surface area contributed by atoms with Crippen molar-refractivity contribution in [1.29, 1.82) is 0 Å². The highest BCUT2D eigenvalue weighted by atomic mass is 35.5. The predicted molar refractivity (Wildman–Crippen MR) is 89.2 cm³/mol. The monoisotopic (exact) mass is 344 g/mol. The van der Waals surface area contributed by atoms with Gasteiger partial charge >= 0.3 is 6.03 Å². The van der Waals surface area contributed by atoms with Gasteiger partial charge in [0, 0.05) is 18.3 Å². The third-order valence-corrected chi connectivity index (χ3v) is 5.22. The summed E-state index contributed by atoms with van der Waals surface area (Å²) in [6.45, 7) is 3.62. The average Bonchev–Trinajstić information content (AvgIpc) is 3.17. The number of anilines is 1. The number of rotatable bonds is 5. The summed E-state index contributed by atoms with van der Waals surface area (Å²) in [4.78, 5) is 14.2. The van der Waals surface area contributed by atoms with E-state index in [9.17, 15) is 13.2 Å². The van der Waals surface area contributed by atoms with Gasteiger partial charge in [-0.1, -0.05) is 23.7 Å². The Bertz CT molecular complexity index is 671. The molecule has 2 rings (SSSR count). The molecule has 0 bridgehead atoms. The highest BCUT2D eigenvalue weighted by Crippen LogP contribution is 2.31. The zero-order valence-electron chi connectivity index (χ0n) is 13.0. The molecule has 1 aliphatic carbocycles. The lowest BCUT2D eigenvalue weighted by Gasteiger charge is -2.29. The van der Waals surface area contributed by atoms with Crippen LogP contribution >= 0.6 is 11.6 Å². The van der Waals surface area contributed by atoms with Gasteiger partial charge in [0.05, 0.1) is 16.5 Å². The molecule has 7 heteroatoms. The minimum Gasteiger partial charge on any atom is -0.318 e. The standard InChI is InChI=1S/C15H21ClN2O3S/c1-10-5-4-6-13(14(10)16)17-15(19)18(12-7-8-12)11(2)9-22(3,20)21/h4-6,11-12H,7-9H2,1-3H3,(H,17,19)/t11-/m1/s1. The molecular formula is C15H21ClN2O3S. The molecule has 0 spiro atoms. The summed E-state index contributed by atoms with van der Waals surface area (Å²) in [5.74, 6) is -0.0432. The highest BCUT2D eigenvalue weighted by Gasteiger charge is 2.37. The van der Waals surface area contributed by atoms with Crippen molar-refractivity contribution in [2.45, 2.75) is 38.8 Å². The van der Waals surface area contributed by atoms with Crippen LogP contribution in [-0.4, -0.2) is 43.4 Å². The lowest BCUT2D eigenvalue weighted by molar-refractivity contribution is 0.194. The molecule has 0 unspecified atom stereocenters. The molecule has 0 saturated heterocycles. The molecule has 1 atom stereocenters. The maximum atomic E-state index is 12.5. The Kier molecular flexibility index (Phi) is 5.02. The van der Waals surface area contributed by atoms with Crippen LogP contribution in [0.15, 0.2) is 18.2 Å². The number of urea groups is 1. The fourth-order valence-corrected chi connectivity index (χ4v) is 3.73. The van der Waals surface area contributed by atoms with E-state index < -0.39 is 9.84 Å². The molecule has 0 aromatic heterocycles. The average molecular weight is 345 g/mol. The molecule has 22 heavy (non-hydrogen) atoms. The fraction of sp³-hybridized carbons (Fsp3) is 0.533. The van der Waals surface area contributed by atoms with E-state index in [1.54, 1.807) is 17.9 Å². The van der Waals surface area contributed by atoms with E-state index in [0.29, 0.717) is 10.7 Å². The zero-order chi connectivity index (χ0) is 16.5. The molecule has 1 fully saturated rings. The summed E-state index contributed by atoms with van der Waals surface area (Å²) in [7, 11) is -3.14. The molecule has 0 radical (unpaired) electrons. The molecule has 1 aliphatic rings. The minimum absolute atomic E-state index is 0.0432. The van der Waals surface area contributed by atoms with Crippen molar-refractivity contribution >= 4 is 33.2 Å². The zero-order valence-corrected chi connectivity index (χ0v) is 14.5. The molecule has 0 heterocycles.